The molecule has 0 bridgehead atoms. The van der Waals surface area contributed by atoms with Gasteiger partial charge in [-0.15, -0.1) is 0 Å². The minimum atomic E-state index is 0.185. The molecule has 23 heavy (non-hydrogen) atoms. The lowest BCUT2D eigenvalue weighted by atomic mass is 9.99. The topological polar surface area (TPSA) is 62.9 Å². The third-order valence-electron chi connectivity index (χ3n) is 4.26. The molecule has 114 valence electrons. The Hall–Kier alpha value is -2.82. The molecule has 0 saturated carbocycles. The molecule has 1 fully saturated rings. The average molecular weight is 302 g/mol. The van der Waals surface area contributed by atoms with E-state index in [9.17, 15) is 5.26 Å². The lowest BCUT2D eigenvalue weighted by molar-refractivity contribution is 0.489. The van der Waals surface area contributed by atoms with E-state index in [2.05, 4.69) is 53.5 Å². The molecule has 1 aliphatic heterocycles. The number of hydrogen-bond acceptors (Lipinski definition) is 4. The Kier molecular flexibility index (Phi) is 4.28. The fourth-order valence-electron chi connectivity index (χ4n) is 3.02. The van der Waals surface area contributed by atoms with Gasteiger partial charge in [-0.2, -0.15) is 10.5 Å². The fraction of sp³-hybridized carbons (Fsp3) is 0.263. The van der Waals surface area contributed by atoms with Crippen LogP contribution in [0.4, 0.5) is 5.69 Å². The molecular weight excluding hydrogens is 284 g/mol. The van der Waals surface area contributed by atoms with Gasteiger partial charge in [0.15, 0.2) is 0 Å². The van der Waals surface area contributed by atoms with E-state index in [-0.39, 0.29) is 6.04 Å². The summed E-state index contributed by atoms with van der Waals surface area (Å²) in [5.74, 6) is 0. The maximum atomic E-state index is 9.46. The average Bonchev–Trinajstić information content (AvgIpc) is 2.62. The summed E-state index contributed by atoms with van der Waals surface area (Å²) in [7, 11) is 0. The number of hydrogen-bond donors (Lipinski definition) is 1. The van der Waals surface area contributed by atoms with Gasteiger partial charge < -0.3 is 10.2 Å². The summed E-state index contributed by atoms with van der Waals surface area (Å²) in [6, 6.07) is 18.4. The van der Waals surface area contributed by atoms with Gasteiger partial charge in [0.25, 0.3) is 0 Å². The quantitative estimate of drug-likeness (QED) is 0.926. The third kappa shape index (κ3) is 3.04. The molecule has 4 nitrogen and oxygen atoms in total. The normalized spacial score (nSPS) is 17.3. The number of rotatable bonds is 2. The van der Waals surface area contributed by atoms with E-state index in [0.717, 1.165) is 25.3 Å². The molecule has 0 aliphatic carbocycles. The van der Waals surface area contributed by atoms with Gasteiger partial charge in [0.05, 0.1) is 28.9 Å². The first-order valence-electron chi connectivity index (χ1n) is 7.71. The highest BCUT2D eigenvalue weighted by molar-refractivity contribution is 5.63. The van der Waals surface area contributed by atoms with E-state index < -0.39 is 0 Å². The van der Waals surface area contributed by atoms with Crippen molar-refractivity contribution in [3.05, 3.63) is 64.7 Å². The van der Waals surface area contributed by atoms with Crippen molar-refractivity contribution in [2.24, 2.45) is 0 Å². The Balaban J connectivity index is 2.01. The number of nitrogens with one attached hydrogen (secondary N) is 1. The van der Waals surface area contributed by atoms with Crippen molar-refractivity contribution in [1.82, 2.24) is 5.32 Å². The zero-order valence-corrected chi connectivity index (χ0v) is 13.1. The second-order valence-corrected chi connectivity index (χ2v) is 5.78. The predicted octanol–water partition coefficient (Wildman–Crippen LogP) is 2.89. The van der Waals surface area contributed by atoms with Crippen LogP contribution in [0.25, 0.3) is 0 Å². The van der Waals surface area contributed by atoms with Gasteiger partial charge in [-0.1, -0.05) is 29.8 Å². The molecular formula is C19H18N4. The van der Waals surface area contributed by atoms with Crippen molar-refractivity contribution in [1.29, 1.82) is 10.5 Å². The first-order chi connectivity index (χ1) is 11.2. The molecule has 2 aromatic rings. The molecule has 1 aliphatic rings. The number of aryl methyl sites for hydroxylation is 1. The van der Waals surface area contributed by atoms with Crippen LogP contribution in [0.5, 0.6) is 0 Å². The molecule has 0 aromatic heterocycles. The summed E-state index contributed by atoms with van der Waals surface area (Å²) in [4.78, 5) is 2.26. The highest BCUT2D eigenvalue weighted by atomic mass is 15.2. The van der Waals surface area contributed by atoms with Crippen LogP contribution < -0.4 is 10.2 Å². The van der Waals surface area contributed by atoms with Gasteiger partial charge in [0.1, 0.15) is 6.07 Å². The minimum Gasteiger partial charge on any atom is -0.361 e. The Labute approximate surface area is 136 Å². The van der Waals surface area contributed by atoms with Crippen LogP contribution in [0.2, 0.25) is 0 Å². The SMILES string of the molecule is Cc1ccc([C@@H]2CNCCN2c2ccc(C#N)cc2C#N)cc1. The van der Waals surface area contributed by atoms with Crippen molar-refractivity contribution >= 4 is 5.69 Å². The lowest BCUT2D eigenvalue weighted by Crippen LogP contribution is -2.46. The zero-order valence-electron chi connectivity index (χ0n) is 13.1. The van der Waals surface area contributed by atoms with Gasteiger partial charge in [0, 0.05) is 19.6 Å². The van der Waals surface area contributed by atoms with Crippen LogP contribution in [0, 0.1) is 29.6 Å². The monoisotopic (exact) mass is 302 g/mol. The Morgan fingerprint density at radius 1 is 1.09 bits per heavy atom. The molecule has 1 saturated heterocycles. The molecule has 3 rings (SSSR count). The third-order valence-corrected chi connectivity index (χ3v) is 4.26. The maximum absolute atomic E-state index is 9.46. The number of nitrogens with zero attached hydrogens (tertiary/aromatic N) is 3. The molecule has 0 spiro atoms. The highest BCUT2D eigenvalue weighted by Gasteiger charge is 2.25. The van der Waals surface area contributed by atoms with Crippen molar-refractivity contribution in [3.8, 4) is 12.1 Å². The van der Waals surface area contributed by atoms with E-state index in [4.69, 9.17) is 5.26 Å². The molecule has 1 atom stereocenters. The molecule has 1 heterocycles. The number of anilines is 1. The molecule has 0 radical (unpaired) electrons. The second-order valence-electron chi connectivity index (χ2n) is 5.78. The van der Waals surface area contributed by atoms with Crippen LogP contribution in [0.3, 0.4) is 0 Å². The van der Waals surface area contributed by atoms with E-state index in [0.29, 0.717) is 11.1 Å². The van der Waals surface area contributed by atoms with Crippen LogP contribution >= 0.6 is 0 Å². The van der Waals surface area contributed by atoms with Crippen molar-refractivity contribution in [2.45, 2.75) is 13.0 Å². The summed E-state index contributed by atoms with van der Waals surface area (Å²) < 4.78 is 0. The molecule has 4 heteroatoms. The van der Waals surface area contributed by atoms with Crippen molar-refractivity contribution < 1.29 is 0 Å². The first-order valence-corrected chi connectivity index (χ1v) is 7.71. The Morgan fingerprint density at radius 3 is 2.57 bits per heavy atom. The number of benzene rings is 2. The van der Waals surface area contributed by atoms with Crippen LogP contribution in [-0.4, -0.2) is 19.6 Å². The fourth-order valence-corrected chi connectivity index (χ4v) is 3.02. The van der Waals surface area contributed by atoms with Gasteiger partial charge in [-0.25, -0.2) is 0 Å². The number of piperazine rings is 1. The Morgan fingerprint density at radius 2 is 1.87 bits per heavy atom. The highest BCUT2D eigenvalue weighted by Crippen LogP contribution is 2.31. The van der Waals surface area contributed by atoms with E-state index in [1.807, 2.05) is 6.07 Å². The lowest BCUT2D eigenvalue weighted by Gasteiger charge is -2.38. The summed E-state index contributed by atoms with van der Waals surface area (Å²) in [5.41, 5.74) is 4.45. The molecule has 2 aromatic carbocycles. The van der Waals surface area contributed by atoms with Crippen LogP contribution in [0.15, 0.2) is 42.5 Å². The minimum absolute atomic E-state index is 0.185. The van der Waals surface area contributed by atoms with E-state index in [1.165, 1.54) is 11.1 Å². The largest absolute Gasteiger partial charge is 0.361 e. The summed E-state index contributed by atoms with van der Waals surface area (Å²) in [5, 5.41) is 21.9. The van der Waals surface area contributed by atoms with Crippen LogP contribution in [-0.2, 0) is 0 Å². The van der Waals surface area contributed by atoms with Gasteiger partial charge in [-0.3, -0.25) is 0 Å². The van der Waals surface area contributed by atoms with E-state index >= 15 is 0 Å². The Bertz CT molecular complexity index is 780. The summed E-state index contributed by atoms with van der Waals surface area (Å²) in [6.07, 6.45) is 0. The van der Waals surface area contributed by atoms with Crippen LogP contribution in [0.1, 0.15) is 28.3 Å². The van der Waals surface area contributed by atoms with Gasteiger partial charge >= 0.3 is 0 Å². The standard InChI is InChI=1S/C19H18N4/c1-14-2-5-16(6-3-14)19-13-22-8-9-23(19)18-7-4-15(11-20)10-17(18)12-21/h2-7,10,19,22H,8-9,13H2,1H3/t19-/m0/s1. The van der Waals surface area contributed by atoms with Gasteiger partial charge in [0.2, 0.25) is 0 Å². The smallest absolute Gasteiger partial charge is 0.101 e. The zero-order chi connectivity index (χ0) is 16.2. The molecule has 0 unspecified atom stereocenters. The molecule has 0 amide bonds. The maximum Gasteiger partial charge on any atom is 0.101 e. The number of nitriles is 2. The first kappa shape index (κ1) is 15.1. The van der Waals surface area contributed by atoms with Crippen molar-refractivity contribution in [2.75, 3.05) is 24.5 Å². The van der Waals surface area contributed by atoms with E-state index in [1.54, 1.807) is 12.1 Å². The van der Waals surface area contributed by atoms with Gasteiger partial charge in [-0.05, 0) is 30.7 Å². The molecule has 1 N–H and O–H groups in total. The predicted molar refractivity (Wildman–Crippen MR) is 90.0 cm³/mol. The second kappa shape index (κ2) is 6.52. The summed E-state index contributed by atoms with van der Waals surface area (Å²) >= 11 is 0. The van der Waals surface area contributed by atoms with Crippen molar-refractivity contribution in [3.63, 3.8) is 0 Å². The summed E-state index contributed by atoms with van der Waals surface area (Å²) in [6.45, 7) is 4.63.